The highest BCUT2D eigenvalue weighted by Gasteiger charge is 2.28. The number of aryl methyl sites for hydroxylation is 1. The monoisotopic (exact) mass is 438 g/mol. The highest BCUT2D eigenvalue weighted by Crippen LogP contribution is 2.22. The van der Waals surface area contributed by atoms with Crippen LogP contribution in [0.1, 0.15) is 34.1 Å². The van der Waals surface area contributed by atoms with Crippen molar-refractivity contribution in [3.8, 4) is 0 Å². The van der Waals surface area contributed by atoms with E-state index in [2.05, 4.69) is 50.6 Å². The Morgan fingerprint density at radius 1 is 1.28 bits per heavy atom. The maximum absolute atomic E-state index is 12.5. The molecule has 0 saturated carbocycles. The van der Waals surface area contributed by atoms with E-state index in [1.165, 1.54) is 23.0 Å². The number of aliphatic hydroxyl groups excluding tert-OH is 1. The van der Waals surface area contributed by atoms with Crippen LogP contribution in [-0.2, 0) is 17.8 Å². The van der Waals surface area contributed by atoms with Crippen LogP contribution in [0.4, 0.5) is 5.82 Å². The molecule has 2 aromatic rings. The number of likely N-dealkylation sites (tertiary alicyclic amines) is 1. The van der Waals surface area contributed by atoms with Gasteiger partial charge in [0.2, 0.25) is 5.91 Å². The number of anilines is 1. The van der Waals surface area contributed by atoms with Gasteiger partial charge in [0.1, 0.15) is 17.8 Å². The lowest BCUT2D eigenvalue weighted by atomic mass is 9.95. The van der Waals surface area contributed by atoms with Crippen LogP contribution in [0.2, 0.25) is 0 Å². The summed E-state index contributed by atoms with van der Waals surface area (Å²) in [5, 5.41) is 16.4. The first-order chi connectivity index (χ1) is 15.4. The Hall–Kier alpha value is -3.04. The standard InChI is InChI=1S/C23H30N6O3/c1-15-4-3-5-17-6-7-28(13-20(15)17)12-19(31)9-24-23(32)21-8-22(26-14-25-21)27-18-10-29(11-18)16(2)30/h3-5,8,14,18-19,31H,6-7,9-13H2,1-2H3,(H,24,32)(H,25,26,27)/t19-/m0/s1. The van der Waals surface area contributed by atoms with E-state index in [4.69, 9.17) is 0 Å². The second kappa shape index (κ2) is 9.62. The summed E-state index contributed by atoms with van der Waals surface area (Å²) in [7, 11) is 0. The molecule has 9 nitrogen and oxygen atoms in total. The lowest BCUT2D eigenvalue weighted by molar-refractivity contribution is -0.132. The largest absolute Gasteiger partial charge is 0.390 e. The molecule has 1 atom stereocenters. The molecule has 2 amide bonds. The summed E-state index contributed by atoms with van der Waals surface area (Å²) >= 11 is 0. The average molecular weight is 439 g/mol. The quantitative estimate of drug-likeness (QED) is 0.580. The summed E-state index contributed by atoms with van der Waals surface area (Å²) < 4.78 is 0. The number of β-amino-alcohol motifs (C(OH)–C–C–N with tert-alkyl or cyclic N) is 1. The number of nitrogens with one attached hydrogen (secondary N) is 2. The molecule has 32 heavy (non-hydrogen) atoms. The molecule has 1 fully saturated rings. The second-order valence-electron chi connectivity index (χ2n) is 8.62. The van der Waals surface area contributed by atoms with Crippen LogP contribution in [0, 0.1) is 6.92 Å². The van der Waals surface area contributed by atoms with E-state index in [1.54, 1.807) is 17.9 Å². The fraction of sp³-hybridized carbons (Fsp3) is 0.478. The lowest BCUT2D eigenvalue weighted by Gasteiger charge is -2.39. The molecule has 170 valence electrons. The molecule has 4 rings (SSSR count). The van der Waals surface area contributed by atoms with Crippen molar-refractivity contribution in [3.05, 3.63) is 53.0 Å². The molecule has 3 N–H and O–H groups in total. The Morgan fingerprint density at radius 3 is 2.88 bits per heavy atom. The molecule has 0 unspecified atom stereocenters. The number of fused-ring (bicyclic) bond motifs is 1. The third-order valence-corrected chi connectivity index (χ3v) is 6.13. The van der Waals surface area contributed by atoms with Crippen LogP contribution in [0.5, 0.6) is 0 Å². The summed E-state index contributed by atoms with van der Waals surface area (Å²) in [5.74, 6) is 0.239. The molecule has 0 bridgehead atoms. The van der Waals surface area contributed by atoms with E-state index in [-0.39, 0.29) is 30.1 Å². The van der Waals surface area contributed by atoms with Crippen molar-refractivity contribution < 1.29 is 14.7 Å². The molecule has 2 aliphatic heterocycles. The Balaban J connectivity index is 1.24. The van der Waals surface area contributed by atoms with Gasteiger partial charge in [0.25, 0.3) is 5.91 Å². The fourth-order valence-corrected chi connectivity index (χ4v) is 4.22. The van der Waals surface area contributed by atoms with Crippen LogP contribution in [0.3, 0.4) is 0 Å². The van der Waals surface area contributed by atoms with E-state index in [0.29, 0.717) is 25.5 Å². The van der Waals surface area contributed by atoms with Crippen molar-refractivity contribution >= 4 is 17.6 Å². The van der Waals surface area contributed by atoms with Gasteiger partial charge in [-0.15, -0.1) is 0 Å². The Kier molecular flexibility index (Phi) is 6.66. The van der Waals surface area contributed by atoms with Crippen LogP contribution in [-0.4, -0.2) is 81.6 Å². The predicted octanol–water partition coefficient (Wildman–Crippen LogP) is 0.577. The van der Waals surface area contributed by atoms with Crippen molar-refractivity contribution in [2.45, 2.75) is 39.0 Å². The molecule has 1 aromatic carbocycles. The van der Waals surface area contributed by atoms with Gasteiger partial charge in [-0.25, -0.2) is 9.97 Å². The Labute approximate surface area is 187 Å². The summed E-state index contributed by atoms with van der Waals surface area (Å²) in [6.07, 6.45) is 1.64. The number of carbonyl (C=O) groups is 2. The number of nitrogens with zero attached hydrogens (tertiary/aromatic N) is 4. The Bertz CT molecular complexity index is 991. The zero-order valence-corrected chi connectivity index (χ0v) is 18.5. The third-order valence-electron chi connectivity index (χ3n) is 6.13. The maximum Gasteiger partial charge on any atom is 0.270 e. The number of aromatic nitrogens is 2. The molecule has 3 heterocycles. The highest BCUT2D eigenvalue weighted by atomic mass is 16.3. The van der Waals surface area contributed by atoms with Crippen LogP contribution in [0.25, 0.3) is 0 Å². The van der Waals surface area contributed by atoms with Gasteiger partial charge in [-0.05, 0) is 30.0 Å². The van der Waals surface area contributed by atoms with Gasteiger partial charge in [0.15, 0.2) is 0 Å². The van der Waals surface area contributed by atoms with E-state index in [9.17, 15) is 14.7 Å². The number of aliphatic hydroxyl groups is 1. The Morgan fingerprint density at radius 2 is 2.09 bits per heavy atom. The zero-order valence-electron chi connectivity index (χ0n) is 18.5. The lowest BCUT2D eigenvalue weighted by Crippen LogP contribution is -2.56. The van der Waals surface area contributed by atoms with Crippen molar-refractivity contribution in [1.82, 2.24) is 25.1 Å². The van der Waals surface area contributed by atoms with Crippen molar-refractivity contribution in [2.75, 3.05) is 38.0 Å². The topological polar surface area (TPSA) is 111 Å². The molecule has 1 saturated heterocycles. The number of hydrogen-bond donors (Lipinski definition) is 3. The minimum Gasteiger partial charge on any atom is -0.390 e. The molecular formula is C23H30N6O3. The SMILES string of the molecule is CC(=O)N1CC(Nc2cc(C(=O)NC[C@H](O)CN3CCc4cccc(C)c4C3)ncn2)C1. The molecule has 0 aliphatic carbocycles. The summed E-state index contributed by atoms with van der Waals surface area (Å²) in [6.45, 7) is 7.26. The first-order valence-electron chi connectivity index (χ1n) is 11.0. The normalized spacial score (nSPS) is 17.3. The highest BCUT2D eigenvalue weighted by molar-refractivity contribution is 5.92. The molecule has 1 aromatic heterocycles. The van der Waals surface area contributed by atoms with Gasteiger partial charge in [-0.2, -0.15) is 0 Å². The van der Waals surface area contributed by atoms with Gasteiger partial charge >= 0.3 is 0 Å². The fourth-order valence-electron chi connectivity index (χ4n) is 4.22. The molecular weight excluding hydrogens is 408 g/mol. The molecule has 2 aliphatic rings. The molecule has 0 spiro atoms. The van der Waals surface area contributed by atoms with E-state index >= 15 is 0 Å². The smallest absolute Gasteiger partial charge is 0.270 e. The summed E-state index contributed by atoms with van der Waals surface area (Å²) in [5.41, 5.74) is 4.24. The molecule has 9 heteroatoms. The number of hydrogen-bond acceptors (Lipinski definition) is 7. The van der Waals surface area contributed by atoms with Gasteiger partial charge in [-0.3, -0.25) is 14.5 Å². The minimum atomic E-state index is -0.670. The van der Waals surface area contributed by atoms with Gasteiger partial charge in [0, 0.05) is 52.3 Å². The number of rotatable bonds is 7. The number of benzene rings is 1. The van der Waals surface area contributed by atoms with Gasteiger partial charge in [0.05, 0.1) is 12.1 Å². The van der Waals surface area contributed by atoms with E-state index < -0.39 is 6.10 Å². The predicted molar refractivity (Wildman–Crippen MR) is 120 cm³/mol. The number of carbonyl (C=O) groups excluding carboxylic acids is 2. The third kappa shape index (κ3) is 5.23. The van der Waals surface area contributed by atoms with E-state index in [0.717, 1.165) is 19.5 Å². The maximum atomic E-state index is 12.5. The minimum absolute atomic E-state index is 0.0493. The van der Waals surface area contributed by atoms with Crippen molar-refractivity contribution in [2.24, 2.45) is 0 Å². The van der Waals surface area contributed by atoms with Gasteiger partial charge < -0.3 is 20.6 Å². The average Bonchev–Trinajstić information content (AvgIpc) is 2.75. The molecule has 0 radical (unpaired) electrons. The first-order valence-corrected chi connectivity index (χ1v) is 11.0. The van der Waals surface area contributed by atoms with Crippen LogP contribution in [0.15, 0.2) is 30.6 Å². The zero-order chi connectivity index (χ0) is 22.7. The second-order valence-corrected chi connectivity index (χ2v) is 8.62. The first kappa shape index (κ1) is 22.2. The van der Waals surface area contributed by atoms with Crippen molar-refractivity contribution in [3.63, 3.8) is 0 Å². The van der Waals surface area contributed by atoms with Gasteiger partial charge in [-0.1, -0.05) is 18.2 Å². The van der Waals surface area contributed by atoms with Crippen molar-refractivity contribution in [1.29, 1.82) is 0 Å². The van der Waals surface area contributed by atoms with Crippen LogP contribution >= 0.6 is 0 Å². The van der Waals surface area contributed by atoms with E-state index in [1.807, 2.05) is 0 Å². The van der Waals surface area contributed by atoms with Crippen LogP contribution < -0.4 is 10.6 Å². The number of amides is 2. The summed E-state index contributed by atoms with van der Waals surface area (Å²) in [4.78, 5) is 35.9. The summed E-state index contributed by atoms with van der Waals surface area (Å²) in [6, 6.07) is 8.09.